The molecule has 0 saturated carbocycles. The Morgan fingerprint density at radius 3 is 2.57 bits per heavy atom. The lowest BCUT2D eigenvalue weighted by atomic mass is 10.3. The normalized spacial score (nSPS) is 12.9. The maximum atomic E-state index is 13.9. The van der Waals surface area contributed by atoms with Gasteiger partial charge in [-0.1, -0.05) is 11.6 Å². The Kier molecular flexibility index (Phi) is 6.48. The highest BCUT2D eigenvalue weighted by atomic mass is 35.5. The van der Waals surface area contributed by atoms with E-state index in [0.717, 1.165) is 19.1 Å². The van der Waals surface area contributed by atoms with Gasteiger partial charge in [0.1, 0.15) is 16.8 Å². The highest BCUT2D eigenvalue weighted by molar-refractivity contribution is 7.89. The summed E-state index contributed by atoms with van der Waals surface area (Å²) in [7, 11) is -4.45. The zero-order chi connectivity index (χ0) is 17.8. The second kappa shape index (κ2) is 7.71. The Hall–Kier alpha value is -1.71. The molecule has 1 rings (SSSR count). The number of nitrogens with one attached hydrogen (secondary N) is 1. The van der Waals surface area contributed by atoms with Gasteiger partial charge in [0.2, 0.25) is 15.9 Å². The van der Waals surface area contributed by atoms with Gasteiger partial charge in [-0.2, -0.15) is 4.31 Å². The lowest BCUT2D eigenvalue weighted by molar-refractivity contribution is -0.140. The number of amides is 1. The number of carboxylic acid groups (broad SMARTS) is 1. The first-order valence-electron chi connectivity index (χ1n) is 6.51. The molecule has 1 amide bonds. The zero-order valence-electron chi connectivity index (χ0n) is 12.4. The number of halogens is 2. The van der Waals surface area contributed by atoms with Crippen molar-refractivity contribution in [3.8, 4) is 0 Å². The van der Waals surface area contributed by atoms with Gasteiger partial charge in [-0.25, -0.2) is 12.8 Å². The Bertz CT molecular complexity index is 710. The molecule has 0 radical (unpaired) electrons. The van der Waals surface area contributed by atoms with Gasteiger partial charge in [0, 0.05) is 25.0 Å². The van der Waals surface area contributed by atoms with Crippen LogP contribution in [0, 0.1) is 5.82 Å². The van der Waals surface area contributed by atoms with Gasteiger partial charge in [0.05, 0.1) is 0 Å². The highest BCUT2D eigenvalue weighted by Crippen LogP contribution is 2.24. The van der Waals surface area contributed by atoms with Crippen molar-refractivity contribution < 1.29 is 27.5 Å². The lowest BCUT2D eigenvalue weighted by Gasteiger charge is -2.26. The summed E-state index contributed by atoms with van der Waals surface area (Å²) < 4.78 is 39.6. The van der Waals surface area contributed by atoms with Crippen LogP contribution in [0.2, 0.25) is 5.02 Å². The minimum atomic E-state index is -4.45. The molecular formula is C13H16ClFN2O5S. The molecule has 0 aliphatic rings. The quantitative estimate of drug-likeness (QED) is 0.751. The van der Waals surface area contributed by atoms with Crippen molar-refractivity contribution in [2.75, 3.05) is 13.1 Å². The number of aliphatic carboxylic acids is 1. The minimum Gasteiger partial charge on any atom is -0.480 e. The van der Waals surface area contributed by atoms with E-state index >= 15 is 0 Å². The number of sulfonamides is 1. The van der Waals surface area contributed by atoms with E-state index in [1.54, 1.807) is 0 Å². The van der Waals surface area contributed by atoms with Crippen LogP contribution in [0.1, 0.15) is 13.8 Å². The zero-order valence-corrected chi connectivity index (χ0v) is 14.0. The molecular weight excluding hydrogens is 351 g/mol. The van der Waals surface area contributed by atoms with Crippen LogP contribution in [-0.4, -0.2) is 48.8 Å². The largest absolute Gasteiger partial charge is 0.480 e. The molecule has 0 aliphatic heterocycles. The van der Waals surface area contributed by atoms with E-state index in [2.05, 4.69) is 5.32 Å². The minimum absolute atomic E-state index is 0.00485. The van der Waals surface area contributed by atoms with Crippen LogP contribution in [0.3, 0.4) is 0 Å². The fourth-order valence-electron chi connectivity index (χ4n) is 1.79. The fraction of sp³-hybridized carbons (Fsp3) is 0.385. The van der Waals surface area contributed by atoms with Crippen LogP contribution in [0.5, 0.6) is 0 Å². The number of hydrogen-bond acceptors (Lipinski definition) is 4. The molecule has 0 bridgehead atoms. The molecule has 23 heavy (non-hydrogen) atoms. The molecule has 1 aromatic carbocycles. The Morgan fingerprint density at radius 1 is 1.43 bits per heavy atom. The highest BCUT2D eigenvalue weighted by Gasteiger charge is 2.34. The Labute approximate surface area is 138 Å². The van der Waals surface area contributed by atoms with E-state index in [9.17, 15) is 22.4 Å². The number of carboxylic acids is 1. The van der Waals surface area contributed by atoms with Gasteiger partial charge >= 0.3 is 5.97 Å². The first-order chi connectivity index (χ1) is 10.6. The molecule has 1 unspecified atom stereocenters. The summed E-state index contributed by atoms with van der Waals surface area (Å²) in [6.07, 6.45) is 0. The van der Waals surface area contributed by atoms with Crippen LogP contribution in [-0.2, 0) is 19.6 Å². The molecule has 0 aliphatic carbocycles. The SMILES string of the molecule is CC(=O)NCCN(C(C)C(=O)O)S(=O)(=O)c1cc(Cl)ccc1F. The van der Waals surface area contributed by atoms with Gasteiger partial charge in [-0.15, -0.1) is 0 Å². The van der Waals surface area contributed by atoms with Gasteiger partial charge in [-0.3, -0.25) is 9.59 Å². The van der Waals surface area contributed by atoms with Crippen LogP contribution in [0.25, 0.3) is 0 Å². The second-order valence-corrected chi connectivity index (χ2v) is 6.98. The third kappa shape index (κ3) is 4.88. The number of carbonyl (C=O) groups excluding carboxylic acids is 1. The van der Waals surface area contributed by atoms with E-state index in [0.29, 0.717) is 4.31 Å². The molecule has 0 aromatic heterocycles. The van der Waals surface area contributed by atoms with E-state index in [1.807, 2.05) is 0 Å². The summed E-state index contributed by atoms with van der Waals surface area (Å²) in [4.78, 5) is 21.3. The van der Waals surface area contributed by atoms with Gasteiger partial charge in [0.15, 0.2) is 0 Å². The van der Waals surface area contributed by atoms with Crippen molar-refractivity contribution >= 4 is 33.5 Å². The van der Waals surface area contributed by atoms with E-state index < -0.39 is 38.7 Å². The lowest BCUT2D eigenvalue weighted by Crippen LogP contribution is -2.46. The maximum absolute atomic E-state index is 13.9. The second-order valence-electron chi connectivity index (χ2n) is 4.69. The molecule has 2 N–H and O–H groups in total. The summed E-state index contributed by atoms with van der Waals surface area (Å²) in [6.45, 7) is 1.93. The number of benzene rings is 1. The van der Waals surface area contributed by atoms with E-state index in [-0.39, 0.29) is 18.1 Å². The van der Waals surface area contributed by atoms with Crippen LogP contribution < -0.4 is 5.32 Å². The maximum Gasteiger partial charge on any atom is 0.321 e. The molecule has 1 aromatic rings. The predicted molar refractivity (Wildman–Crippen MR) is 81.1 cm³/mol. The summed E-state index contributed by atoms with van der Waals surface area (Å²) in [5.74, 6) is -2.85. The number of rotatable bonds is 7. The van der Waals surface area contributed by atoms with Crippen molar-refractivity contribution in [2.24, 2.45) is 0 Å². The van der Waals surface area contributed by atoms with Crippen LogP contribution >= 0.6 is 11.6 Å². The molecule has 128 valence electrons. The fourth-order valence-corrected chi connectivity index (χ4v) is 3.71. The van der Waals surface area contributed by atoms with E-state index in [4.69, 9.17) is 16.7 Å². The molecule has 0 heterocycles. The third-order valence-electron chi connectivity index (χ3n) is 2.98. The smallest absolute Gasteiger partial charge is 0.321 e. The molecule has 7 nitrogen and oxygen atoms in total. The van der Waals surface area contributed by atoms with Crippen molar-refractivity contribution in [1.82, 2.24) is 9.62 Å². The van der Waals surface area contributed by atoms with Crippen molar-refractivity contribution in [1.29, 1.82) is 0 Å². The van der Waals surface area contributed by atoms with Crippen molar-refractivity contribution in [2.45, 2.75) is 24.8 Å². The molecule has 0 saturated heterocycles. The van der Waals surface area contributed by atoms with E-state index in [1.165, 1.54) is 13.0 Å². The predicted octanol–water partition coefficient (Wildman–Crippen LogP) is 1.08. The number of carbonyl (C=O) groups is 2. The average Bonchev–Trinajstić information content (AvgIpc) is 2.44. The first-order valence-corrected chi connectivity index (χ1v) is 8.33. The molecule has 1 atom stereocenters. The average molecular weight is 367 g/mol. The third-order valence-corrected chi connectivity index (χ3v) is 5.20. The topological polar surface area (TPSA) is 104 Å². The molecule has 10 heteroatoms. The summed E-state index contributed by atoms with van der Waals surface area (Å²) in [5.41, 5.74) is 0. The van der Waals surface area contributed by atoms with Gasteiger partial charge in [0.25, 0.3) is 0 Å². The van der Waals surface area contributed by atoms with Gasteiger partial charge in [-0.05, 0) is 25.1 Å². The van der Waals surface area contributed by atoms with Crippen LogP contribution in [0.4, 0.5) is 4.39 Å². The summed E-state index contributed by atoms with van der Waals surface area (Å²) >= 11 is 5.69. The Balaban J connectivity index is 3.24. The first kappa shape index (κ1) is 19.3. The van der Waals surface area contributed by atoms with Crippen molar-refractivity contribution in [3.63, 3.8) is 0 Å². The summed E-state index contributed by atoms with van der Waals surface area (Å²) in [6, 6.07) is 1.52. The summed E-state index contributed by atoms with van der Waals surface area (Å²) in [5, 5.41) is 11.4. The molecule has 0 spiro atoms. The number of hydrogen-bond donors (Lipinski definition) is 2. The standard InChI is InChI=1S/C13H16ClFN2O5S/c1-8(13(19)20)17(6-5-16-9(2)18)23(21,22)12-7-10(14)3-4-11(12)15/h3-4,7-8H,5-6H2,1-2H3,(H,16,18)(H,19,20). The molecule has 0 fully saturated rings. The number of nitrogens with zero attached hydrogens (tertiary/aromatic N) is 1. The monoisotopic (exact) mass is 366 g/mol. The van der Waals surface area contributed by atoms with Crippen molar-refractivity contribution in [3.05, 3.63) is 29.0 Å². The Morgan fingerprint density at radius 2 is 2.04 bits per heavy atom. The van der Waals surface area contributed by atoms with Gasteiger partial charge < -0.3 is 10.4 Å². The van der Waals surface area contributed by atoms with Crippen LogP contribution in [0.15, 0.2) is 23.1 Å².